The van der Waals surface area contributed by atoms with Crippen LogP contribution in [0.1, 0.15) is 48.5 Å². The second-order valence-corrected chi connectivity index (χ2v) is 8.74. The number of likely N-dealkylation sites (tertiary alicyclic amines) is 1. The number of piperidine rings is 1. The molecule has 1 atom stereocenters. The van der Waals surface area contributed by atoms with E-state index in [-0.39, 0.29) is 23.1 Å². The van der Waals surface area contributed by atoms with Crippen molar-refractivity contribution in [1.82, 2.24) is 19.9 Å². The van der Waals surface area contributed by atoms with Crippen LogP contribution in [0.3, 0.4) is 0 Å². The van der Waals surface area contributed by atoms with Gasteiger partial charge in [0.25, 0.3) is 5.91 Å². The number of halogens is 1. The summed E-state index contributed by atoms with van der Waals surface area (Å²) >= 11 is 0. The summed E-state index contributed by atoms with van der Waals surface area (Å²) in [7, 11) is 0. The minimum absolute atomic E-state index is 0.0543. The predicted octanol–water partition coefficient (Wildman–Crippen LogP) is 5.84. The zero-order valence-corrected chi connectivity index (χ0v) is 19.6. The molecule has 1 aliphatic heterocycles. The van der Waals surface area contributed by atoms with Gasteiger partial charge in [-0.15, -0.1) is 0 Å². The molecule has 5 nitrogen and oxygen atoms in total. The number of pyridine rings is 1. The molecule has 4 rings (SSSR count). The van der Waals surface area contributed by atoms with Gasteiger partial charge in [0.1, 0.15) is 17.8 Å². The van der Waals surface area contributed by atoms with Crippen LogP contribution in [-0.2, 0) is 0 Å². The second kappa shape index (κ2) is 10.1. The van der Waals surface area contributed by atoms with Crippen LogP contribution in [0.15, 0.2) is 85.5 Å². The molecule has 0 bridgehead atoms. The first-order valence-electron chi connectivity index (χ1n) is 11.5. The van der Waals surface area contributed by atoms with Crippen LogP contribution in [-0.4, -0.2) is 38.8 Å². The minimum atomic E-state index is -0.242. The Balaban J connectivity index is 1.59. The number of benzene rings is 1. The molecule has 2 aromatic heterocycles. The Kier molecular flexibility index (Phi) is 6.96. The number of hydrogen-bond acceptors (Lipinski definition) is 4. The molecule has 0 aliphatic carbocycles. The van der Waals surface area contributed by atoms with Crippen molar-refractivity contribution in [2.75, 3.05) is 13.1 Å². The molecule has 1 fully saturated rings. The molecule has 0 radical (unpaired) electrons. The highest BCUT2D eigenvalue weighted by atomic mass is 19.1. The quantitative estimate of drug-likeness (QED) is 0.438. The van der Waals surface area contributed by atoms with Gasteiger partial charge >= 0.3 is 0 Å². The number of carbonyl (C=O) groups excluding carboxylic acids is 1. The number of carbonyl (C=O) groups is 1. The first kappa shape index (κ1) is 23.5. The lowest BCUT2D eigenvalue weighted by atomic mass is 9.63. The summed E-state index contributed by atoms with van der Waals surface area (Å²) in [5.74, 6) is -0.168. The molecule has 6 heteroatoms. The normalized spacial score (nSPS) is 16.4. The maximum atomic E-state index is 13.5. The molecule has 1 aliphatic rings. The van der Waals surface area contributed by atoms with Crippen LogP contribution >= 0.6 is 0 Å². The summed E-state index contributed by atoms with van der Waals surface area (Å²) in [5, 5.41) is 0. The van der Waals surface area contributed by atoms with Gasteiger partial charge in [0, 0.05) is 30.9 Å². The molecule has 34 heavy (non-hydrogen) atoms. The van der Waals surface area contributed by atoms with E-state index in [1.54, 1.807) is 30.6 Å². The summed E-state index contributed by atoms with van der Waals surface area (Å²) in [6.45, 7) is 9.75. The van der Waals surface area contributed by atoms with E-state index in [9.17, 15) is 9.18 Å². The average Bonchev–Trinajstić information content (AvgIpc) is 2.89. The molecule has 0 spiro atoms. The molecule has 0 saturated carbocycles. The van der Waals surface area contributed by atoms with E-state index in [0.717, 1.165) is 24.0 Å². The van der Waals surface area contributed by atoms with Gasteiger partial charge in [0.2, 0.25) is 0 Å². The highest BCUT2D eigenvalue weighted by Gasteiger charge is 2.42. The van der Waals surface area contributed by atoms with Crippen molar-refractivity contribution in [3.8, 4) is 11.4 Å². The van der Waals surface area contributed by atoms with Crippen LogP contribution in [0, 0.1) is 11.2 Å². The number of hydrogen-bond donors (Lipinski definition) is 0. The monoisotopic (exact) mass is 456 g/mol. The number of allylic oxidation sites excluding steroid dienone is 3. The lowest BCUT2D eigenvalue weighted by Gasteiger charge is -2.46. The second-order valence-electron chi connectivity index (χ2n) is 8.74. The number of aromatic nitrogens is 3. The Morgan fingerprint density at radius 1 is 1.12 bits per heavy atom. The Morgan fingerprint density at radius 3 is 2.50 bits per heavy atom. The molecule has 3 heterocycles. The summed E-state index contributed by atoms with van der Waals surface area (Å²) in [6, 6.07) is 12.1. The molecule has 3 aromatic rings. The Morgan fingerprint density at radius 2 is 1.85 bits per heavy atom. The van der Waals surface area contributed by atoms with E-state index >= 15 is 0 Å². The largest absolute Gasteiger partial charge is 0.339 e. The lowest BCUT2D eigenvalue weighted by molar-refractivity contribution is 0.0602. The predicted molar refractivity (Wildman–Crippen MR) is 132 cm³/mol. The summed E-state index contributed by atoms with van der Waals surface area (Å²) in [4.78, 5) is 28.1. The zero-order valence-electron chi connectivity index (χ0n) is 19.6. The first-order chi connectivity index (χ1) is 16.5. The summed E-state index contributed by atoms with van der Waals surface area (Å²) < 4.78 is 13.5. The fourth-order valence-corrected chi connectivity index (χ4v) is 4.96. The highest BCUT2D eigenvalue weighted by Crippen LogP contribution is 2.50. The van der Waals surface area contributed by atoms with Crippen molar-refractivity contribution in [3.05, 3.63) is 102 Å². The third-order valence-corrected chi connectivity index (χ3v) is 7.01. The van der Waals surface area contributed by atoms with Crippen LogP contribution in [0.4, 0.5) is 4.39 Å². The average molecular weight is 457 g/mol. The fraction of sp³-hybridized carbons (Fsp3) is 0.286. The van der Waals surface area contributed by atoms with Gasteiger partial charge in [0.15, 0.2) is 0 Å². The van der Waals surface area contributed by atoms with Gasteiger partial charge in [-0.2, -0.15) is 0 Å². The van der Waals surface area contributed by atoms with E-state index in [1.807, 2.05) is 30.0 Å². The van der Waals surface area contributed by atoms with Crippen LogP contribution in [0.2, 0.25) is 0 Å². The SMILES string of the molecule is C=C(/C=C/C)C1(C(C)c2ccc(F)cc2)CCN(C(=O)c2cccnc2-c2ccncn2)CC1. The van der Waals surface area contributed by atoms with Crippen molar-refractivity contribution in [3.63, 3.8) is 0 Å². The van der Waals surface area contributed by atoms with E-state index in [1.165, 1.54) is 18.5 Å². The first-order valence-corrected chi connectivity index (χ1v) is 11.5. The third kappa shape index (κ3) is 4.53. The maximum absolute atomic E-state index is 13.5. The molecular weight excluding hydrogens is 427 g/mol. The van der Waals surface area contributed by atoms with Crippen molar-refractivity contribution in [2.45, 2.75) is 32.6 Å². The van der Waals surface area contributed by atoms with E-state index < -0.39 is 0 Å². The molecule has 1 unspecified atom stereocenters. The maximum Gasteiger partial charge on any atom is 0.256 e. The molecule has 1 saturated heterocycles. The van der Waals surface area contributed by atoms with Gasteiger partial charge in [-0.05, 0) is 67.2 Å². The fourth-order valence-electron chi connectivity index (χ4n) is 4.96. The molecular formula is C28H29FN4O. The van der Waals surface area contributed by atoms with Gasteiger partial charge < -0.3 is 4.90 Å². The van der Waals surface area contributed by atoms with Crippen LogP contribution in [0.25, 0.3) is 11.4 Å². The van der Waals surface area contributed by atoms with Gasteiger partial charge in [-0.25, -0.2) is 14.4 Å². The standard InChI is InChI=1S/C28H29FN4O/c1-4-6-20(2)28(21(3)22-8-10-23(29)11-9-22)13-17-33(18-14-28)27(34)24-7-5-15-31-26(24)25-12-16-30-19-32-25/h4-12,15-16,19,21H,2,13-14,17-18H2,1,3H3/b6-4+. The molecule has 174 valence electrons. The number of nitrogens with zero attached hydrogens (tertiary/aromatic N) is 4. The Labute approximate surface area is 200 Å². The smallest absolute Gasteiger partial charge is 0.256 e. The summed E-state index contributed by atoms with van der Waals surface area (Å²) in [6.07, 6.45) is 10.4. The van der Waals surface area contributed by atoms with Crippen molar-refractivity contribution >= 4 is 5.91 Å². The van der Waals surface area contributed by atoms with Crippen LogP contribution in [0.5, 0.6) is 0 Å². The van der Waals surface area contributed by atoms with Gasteiger partial charge in [-0.1, -0.05) is 37.8 Å². The highest BCUT2D eigenvalue weighted by molar-refractivity contribution is 5.99. The number of rotatable bonds is 6. The van der Waals surface area contributed by atoms with Gasteiger partial charge in [-0.3, -0.25) is 9.78 Å². The minimum Gasteiger partial charge on any atom is -0.339 e. The molecule has 1 amide bonds. The zero-order chi connectivity index (χ0) is 24.1. The molecule has 0 N–H and O–H groups in total. The van der Waals surface area contributed by atoms with E-state index in [0.29, 0.717) is 30.0 Å². The van der Waals surface area contributed by atoms with E-state index in [4.69, 9.17) is 0 Å². The van der Waals surface area contributed by atoms with Gasteiger partial charge in [0.05, 0.1) is 11.3 Å². The van der Waals surface area contributed by atoms with Crippen molar-refractivity contribution in [2.24, 2.45) is 5.41 Å². The van der Waals surface area contributed by atoms with Crippen molar-refractivity contribution < 1.29 is 9.18 Å². The lowest BCUT2D eigenvalue weighted by Crippen LogP contribution is -2.46. The topological polar surface area (TPSA) is 59.0 Å². The third-order valence-electron chi connectivity index (χ3n) is 7.01. The van der Waals surface area contributed by atoms with Crippen molar-refractivity contribution in [1.29, 1.82) is 0 Å². The Bertz CT molecular complexity index is 1180. The molecule has 1 aromatic carbocycles. The Hall–Kier alpha value is -3.67. The van der Waals surface area contributed by atoms with E-state index in [2.05, 4.69) is 34.5 Å². The van der Waals surface area contributed by atoms with Crippen LogP contribution < -0.4 is 0 Å². The summed E-state index contributed by atoms with van der Waals surface area (Å²) in [5.41, 5.74) is 3.62. The number of amides is 1.